The number of carboxylic acids is 1. The number of aliphatic carboxylic acids is 1. The van der Waals surface area contributed by atoms with Gasteiger partial charge in [-0.25, -0.2) is 0 Å². The Hall–Kier alpha value is -0.460. The lowest BCUT2D eigenvalue weighted by atomic mass is 9.97. The summed E-state index contributed by atoms with van der Waals surface area (Å²) < 4.78 is 11.3. The van der Waals surface area contributed by atoms with Gasteiger partial charge in [0.15, 0.2) is 0 Å². The quantitative estimate of drug-likeness (QED) is 0.757. The zero-order chi connectivity index (χ0) is 13.2. The Balaban J connectivity index is 1.98. The van der Waals surface area contributed by atoms with Crippen molar-refractivity contribution in [3.05, 3.63) is 0 Å². The minimum Gasteiger partial charge on any atom is -0.480 e. The number of rotatable bonds is 4. The van der Waals surface area contributed by atoms with Gasteiger partial charge in [0.2, 0.25) is 0 Å². The molecule has 5 nitrogen and oxygen atoms in total. The summed E-state index contributed by atoms with van der Waals surface area (Å²) >= 11 is 0. The summed E-state index contributed by atoms with van der Waals surface area (Å²) in [5, 5.41) is 12.6. The van der Waals surface area contributed by atoms with Gasteiger partial charge in [0.05, 0.1) is 0 Å². The molecule has 2 atom stereocenters. The second-order valence-electron chi connectivity index (χ2n) is 5.20. The average molecular weight is 274 g/mol. The minimum absolute atomic E-state index is 0.331. The Labute approximate surface area is 110 Å². The number of carboxylic acid groups (broad SMARTS) is 1. The van der Waals surface area contributed by atoms with Crippen molar-refractivity contribution in [3.63, 3.8) is 0 Å². The minimum atomic E-state index is -0.740. The van der Waals surface area contributed by atoms with Crippen molar-refractivity contribution in [2.45, 2.75) is 37.8 Å². The zero-order valence-corrected chi connectivity index (χ0v) is 11.7. The first-order chi connectivity index (χ1) is 8.57. The van der Waals surface area contributed by atoms with Crippen LogP contribution in [0.3, 0.4) is 0 Å². The normalized spacial score (nSPS) is 34.8. The third kappa shape index (κ3) is 2.75. The Morgan fingerprint density at radius 3 is 2.72 bits per heavy atom. The number of hydrogen-bond acceptors (Lipinski definition) is 4. The Morgan fingerprint density at radius 1 is 1.50 bits per heavy atom. The molecule has 0 spiro atoms. The van der Waals surface area contributed by atoms with Gasteiger partial charge in [-0.15, -0.1) is 0 Å². The predicted molar refractivity (Wildman–Crippen MR) is 71.1 cm³/mol. The largest absolute Gasteiger partial charge is 0.480 e. The van der Waals surface area contributed by atoms with E-state index in [0.29, 0.717) is 25.4 Å². The smallest absolute Gasteiger partial charge is 0.323 e. The Kier molecular flexibility index (Phi) is 4.40. The van der Waals surface area contributed by atoms with E-state index in [0.717, 1.165) is 31.0 Å². The maximum absolute atomic E-state index is 11.5. The summed E-state index contributed by atoms with van der Waals surface area (Å²) in [6, 6.07) is 0.331. The molecule has 2 unspecified atom stereocenters. The average Bonchev–Trinajstić information content (AvgIpc) is 2.76. The van der Waals surface area contributed by atoms with Crippen molar-refractivity contribution in [3.8, 4) is 0 Å². The molecule has 0 aromatic rings. The van der Waals surface area contributed by atoms with E-state index in [4.69, 9.17) is 0 Å². The van der Waals surface area contributed by atoms with Crippen LogP contribution in [0, 0.1) is 0 Å². The first kappa shape index (κ1) is 14.0. The lowest BCUT2D eigenvalue weighted by molar-refractivity contribution is -0.144. The van der Waals surface area contributed by atoms with Crippen molar-refractivity contribution < 1.29 is 14.1 Å². The molecule has 0 amide bonds. The van der Waals surface area contributed by atoms with Gasteiger partial charge in [-0.2, -0.15) is 0 Å². The highest BCUT2D eigenvalue weighted by molar-refractivity contribution is 7.85. The molecule has 2 N–H and O–H groups in total. The van der Waals surface area contributed by atoms with Crippen LogP contribution in [-0.2, 0) is 15.6 Å². The van der Waals surface area contributed by atoms with Gasteiger partial charge >= 0.3 is 5.97 Å². The maximum atomic E-state index is 11.5. The lowest BCUT2D eigenvalue weighted by Crippen LogP contribution is -2.52. The number of nitrogens with zero attached hydrogens (tertiary/aromatic N) is 1. The lowest BCUT2D eigenvalue weighted by Gasteiger charge is -2.33. The van der Waals surface area contributed by atoms with Gasteiger partial charge in [-0.1, -0.05) is 6.92 Å². The van der Waals surface area contributed by atoms with Gasteiger partial charge in [-0.3, -0.25) is 13.9 Å². The zero-order valence-electron chi connectivity index (χ0n) is 10.9. The van der Waals surface area contributed by atoms with Crippen LogP contribution in [0.2, 0.25) is 0 Å². The highest BCUT2D eigenvalue weighted by Gasteiger charge is 2.46. The van der Waals surface area contributed by atoms with Crippen molar-refractivity contribution in [2.24, 2.45) is 0 Å². The van der Waals surface area contributed by atoms with Gasteiger partial charge in [-0.05, 0) is 25.8 Å². The van der Waals surface area contributed by atoms with Crippen molar-refractivity contribution in [1.82, 2.24) is 10.2 Å². The van der Waals surface area contributed by atoms with E-state index in [9.17, 15) is 14.1 Å². The first-order valence-corrected chi connectivity index (χ1v) is 8.13. The summed E-state index contributed by atoms with van der Waals surface area (Å²) in [6.45, 7) is 4.32. The van der Waals surface area contributed by atoms with E-state index in [1.54, 1.807) is 0 Å². The molecule has 0 aromatic heterocycles. The second-order valence-corrected chi connectivity index (χ2v) is 6.89. The molecule has 1 heterocycles. The van der Waals surface area contributed by atoms with E-state index in [2.05, 4.69) is 10.2 Å². The van der Waals surface area contributed by atoms with Gasteiger partial charge in [0, 0.05) is 41.4 Å². The molecule has 2 rings (SSSR count). The SMILES string of the molecule is CCNC1(C(=O)O)CCC(N2CCS(=O)CC2)C1. The standard InChI is InChI=1S/C12H22N2O3S/c1-2-13-12(11(15)16)4-3-10(9-12)14-5-7-18(17)8-6-14/h10,13H,2-9H2,1H3,(H,15,16). The summed E-state index contributed by atoms with van der Waals surface area (Å²) in [5.41, 5.74) is -0.740. The summed E-state index contributed by atoms with van der Waals surface area (Å²) in [7, 11) is -0.666. The molecule has 18 heavy (non-hydrogen) atoms. The van der Waals surface area contributed by atoms with Crippen molar-refractivity contribution >= 4 is 16.8 Å². The van der Waals surface area contributed by atoms with Crippen LogP contribution in [0.15, 0.2) is 0 Å². The summed E-state index contributed by atoms with van der Waals surface area (Å²) in [4.78, 5) is 13.8. The molecule has 1 saturated carbocycles. The molecule has 0 bridgehead atoms. The van der Waals surface area contributed by atoms with E-state index in [-0.39, 0.29) is 0 Å². The van der Waals surface area contributed by atoms with Gasteiger partial charge in [0.25, 0.3) is 0 Å². The van der Waals surface area contributed by atoms with Gasteiger partial charge < -0.3 is 10.4 Å². The predicted octanol–water partition coefficient (Wildman–Crippen LogP) is 0.0361. The molecular formula is C12H22N2O3S. The van der Waals surface area contributed by atoms with E-state index < -0.39 is 22.3 Å². The van der Waals surface area contributed by atoms with E-state index in [1.165, 1.54) is 0 Å². The van der Waals surface area contributed by atoms with E-state index >= 15 is 0 Å². The molecular weight excluding hydrogens is 252 g/mol. The third-order valence-electron chi connectivity index (χ3n) is 4.14. The number of carbonyl (C=O) groups is 1. The molecule has 1 aliphatic carbocycles. The monoisotopic (exact) mass is 274 g/mol. The van der Waals surface area contributed by atoms with Gasteiger partial charge in [0.1, 0.15) is 5.54 Å². The molecule has 0 radical (unpaired) electrons. The molecule has 6 heteroatoms. The van der Waals surface area contributed by atoms with Crippen molar-refractivity contribution in [2.75, 3.05) is 31.1 Å². The first-order valence-electron chi connectivity index (χ1n) is 6.65. The Morgan fingerprint density at radius 2 is 2.17 bits per heavy atom. The number of nitrogens with one attached hydrogen (secondary N) is 1. The van der Waals surface area contributed by atoms with Crippen LogP contribution in [-0.4, -0.2) is 62.9 Å². The number of likely N-dealkylation sites (N-methyl/N-ethyl adjacent to an activating group) is 1. The second kappa shape index (κ2) is 5.67. The van der Waals surface area contributed by atoms with Crippen LogP contribution in [0.1, 0.15) is 26.2 Å². The Bertz CT molecular complexity index is 340. The van der Waals surface area contributed by atoms with Crippen LogP contribution in [0.25, 0.3) is 0 Å². The van der Waals surface area contributed by atoms with E-state index in [1.807, 2.05) is 6.92 Å². The summed E-state index contributed by atoms with van der Waals surface area (Å²) in [6.07, 6.45) is 2.29. The molecule has 104 valence electrons. The fraction of sp³-hybridized carbons (Fsp3) is 0.917. The fourth-order valence-electron chi connectivity index (χ4n) is 3.12. The molecule has 1 aliphatic heterocycles. The van der Waals surface area contributed by atoms with Crippen LogP contribution < -0.4 is 5.32 Å². The fourth-order valence-corrected chi connectivity index (χ4v) is 4.20. The molecule has 2 fully saturated rings. The summed E-state index contributed by atoms with van der Waals surface area (Å²) in [5.74, 6) is 0.739. The molecule has 0 aromatic carbocycles. The van der Waals surface area contributed by atoms with Crippen LogP contribution in [0.4, 0.5) is 0 Å². The molecule has 1 saturated heterocycles. The van der Waals surface area contributed by atoms with Crippen LogP contribution >= 0.6 is 0 Å². The number of hydrogen-bond donors (Lipinski definition) is 2. The topological polar surface area (TPSA) is 69.6 Å². The van der Waals surface area contributed by atoms with Crippen LogP contribution in [0.5, 0.6) is 0 Å². The van der Waals surface area contributed by atoms with Crippen molar-refractivity contribution in [1.29, 1.82) is 0 Å². The third-order valence-corrected chi connectivity index (χ3v) is 5.42. The molecule has 2 aliphatic rings. The highest BCUT2D eigenvalue weighted by atomic mass is 32.2. The highest BCUT2D eigenvalue weighted by Crippen LogP contribution is 2.33. The maximum Gasteiger partial charge on any atom is 0.323 e.